The molecule has 0 saturated heterocycles. The molecule has 0 amide bonds. The van der Waals surface area contributed by atoms with Gasteiger partial charge < -0.3 is 15.6 Å². The molecule has 19 heavy (non-hydrogen) atoms. The standard InChI is InChI=1S/C15H25NO2S/c1-3-8-18-14-6-4-13(5-7-14)15(16)11-19-10-12(2)9-17/h4-7,12,15,17H,3,8-11,16H2,1-2H3. The van der Waals surface area contributed by atoms with Crippen LogP contribution in [0.15, 0.2) is 24.3 Å². The van der Waals surface area contributed by atoms with Crippen molar-refractivity contribution in [2.45, 2.75) is 26.3 Å². The largest absolute Gasteiger partial charge is 0.494 e. The van der Waals surface area contributed by atoms with E-state index in [1.54, 1.807) is 11.8 Å². The van der Waals surface area contributed by atoms with Crippen LogP contribution in [0.3, 0.4) is 0 Å². The third-order valence-electron chi connectivity index (χ3n) is 2.79. The summed E-state index contributed by atoms with van der Waals surface area (Å²) >= 11 is 1.79. The van der Waals surface area contributed by atoms with Crippen LogP contribution in [0.1, 0.15) is 31.9 Å². The number of benzene rings is 1. The van der Waals surface area contributed by atoms with Gasteiger partial charge in [-0.3, -0.25) is 0 Å². The van der Waals surface area contributed by atoms with Crippen LogP contribution in [0.4, 0.5) is 0 Å². The van der Waals surface area contributed by atoms with Gasteiger partial charge in [0.15, 0.2) is 0 Å². The molecule has 0 heterocycles. The Hall–Kier alpha value is -0.710. The molecule has 0 aliphatic carbocycles. The molecular formula is C15H25NO2S. The molecule has 3 N–H and O–H groups in total. The topological polar surface area (TPSA) is 55.5 Å². The molecule has 0 aromatic heterocycles. The van der Waals surface area contributed by atoms with Gasteiger partial charge in [-0.15, -0.1) is 0 Å². The summed E-state index contributed by atoms with van der Waals surface area (Å²) in [5.41, 5.74) is 7.28. The predicted molar refractivity (Wildman–Crippen MR) is 82.7 cm³/mol. The van der Waals surface area contributed by atoms with Gasteiger partial charge in [0.2, 0.25) is 0 Å². The molecular weight excluding hydrogens is 258 g/mol. The lowest BCUT2D eigenvalue weighted by Crippen LogP contribution is -2.14. The summed E-state index contributed by atoms with van der Waals surface area (Å²) < 4.78 is 5.54. The lowest BCUT2D eigenvalue weighted by Gasteiger charge is -2.14. The average Bonchev–Trinajstić information content (AvgIpc) is 2.45. The van der Waals surface area contributed by atoms with Crippen LogP contribution in [-0.4, -0.2) is 29.8 Å². The summed E-state index contributed by atoms with van der Waals surface area (Å²) in [5, 5.41) is 8.96. The van der Waals surface area contributed by atoms with E-state index in [-0.39, 0.29) is 12.6 Å². The van der Waals surface area contributed by atoms with Gasteiger partial charge >= 0.3 is 0 Å². The number of ether oxygens (including phenoxy) is 1. The molecule has 0 saturated carbocycles. The molecule has 0 fully saturated rings. The number of aliphatic hydroxyl groups is 1. The van der Waals surface area contributed by atoms with E-state index in [9.17, 15) is 0 Å². The highest BCUT2D eigenvalue weighted by molar-refractivity contribution is 7.99. The lowest BCUT2D eigenvalue weighted by atomic mass is 10.1. The third kappa shape index (κ3) is 6.32. The monoisotopic (exact) mass is 283 g/mol. The molecule has 0 bridgehead atoms. The normalized spacial score (nSPS) is 14.1. The third-order valence-corrected chi connectivity index (χ3v) is 4.19. The number of thioether (sulfide) groups is 1. The van der Waals surface area contributed by atoms with Gasteiger partial charge in [-0.05, 0) is 35.8 Å². The van der Waals surface area contributed by atoms with E-state index in [1.165, 1.54) is 0 Å². The molecule has 1 rings (SSSR count). The highest BCUT2D eigenvalue weighted by Crippen LogP contribution is 2.20. The van der Waals surface area contributed by atoms with Crippen molar-refractivity contribution in [2.24, 2.45) is 11.7 Å². The highest BCUT2D eigenvalue weighted by Gasteiger charge is 2.08. The fourth-order valence-corrected chi connectivity index (χ4v) is 2.67. The Kier molecular flexibility index (Phi) is 7.94. The molecule has 0 radical (unpaired) electrons. The number of hydrogen-bond acceptors (Lipinski definition) is 4. The van der Waals surface area contributed by atoms with Crippen LogP contribution in [0.5, 0.6) is 5.75 Å². The maximum atomic E-state index is 8.96. The quantitative estimate of drug-likeness (QED) is 0.732. The fraction of sp³-hybridized carbons (Fsp3) is 0.600. The molecule has 0 spiro atoms. The Balaban J connectivity index is 2.37. The molecule has 0 aliphatic heterocycles. The Bertz CT molecular complexity index is 343. The van der Waals surface area contributed by atoms with Crippen LogP contribution >= 0.6 is 11.8 Å². The van der Waals surface area contributed by atoms with Crippen LogP contribution < -0.4 is 10.5 Å². The van der Waals surface area contributed by atoms with E-state index in [1.807, 2.05) is 31.2 Å². The average molecular weight is 283 g/mol. The van der Waals surface area contributed by atoms with E-state index in [0.717, 1.165) is 35.8 Å². The maximum Gasteiger partial charge on any atom is 0.119 e. The van der Waals surface area contributed by atoms with Crippen molar-refractivity contribution in [3.8, 4) is 5.75 Å². The Labute approximate surface area is 120 Å². The molecule has 3 nitrogen and oxygen atoms in total. The lowest BCUT2D eigenvalue weighted by molar-refractivity contribution is 0.250. The van der Waals surface area contributed by atoms with Crippen LogP contribution in [0, 0.1) is 5.92 Å². The Morgan fingerprint density at radius 3 is 2.53 bits per heavy atom. The van der Waals surface area contributed by atoms with Crippen LogP contribution in [0.2, 0.25) is 0 Å². The molecule has 0 aliphatic rings. The van der Waals surface area contributed by atoms with Gasteiger partial charge in [0, 0.05) is 18.4 Å². The Morgan fingerprint density at radius 1 is 1.26 bits per heavy atom. The number of aliphatic hydroxyl groups excluding tert-OH is 1. The van der Waals surface area contributed by atoms with E-state index < -0.39 is 0 Å². The van der Waals surface area contributed by atoms with Crippen molar-refractivity contribution in [1.82, 2.24) is 0 Å². The second-order valence-electron chi connectivity index (χ2n) is 4.85. The summed E-state index contributed by atoms with van der Waals surface area (Å²) in [6.45, 7) is 5.12. The van der Waals surface area contributed by atoms with Gasteiger partial charge in [0.25, 0.3) is 0 Å². The predicted octanol–water partition coefficient (Wildman–Crippen LogP) is 2.84. The van der Waals surface area contributed by atoms with Gasteiger partial charge in [-0.25, -0.2) is 0 Å². The van der Waals surface area contributed by atoms with Crippen molar-refractivity contribution in [3.05, 3.63) is 29.8 Å². The van der Waals surface area contributed by atoms with Crippen molar-refractivity contribution >= 4 is 11.8 Å². The van der Waals surface area contributed by atoms with Crippen molar-refractivity contribution in [2.75, 3.05) is 24.7 Å². The zero-order chi connectivity index (χ0) is 14.1. The number of rotatable bonds is 9. The smallest absolute Gasteiger partial charge is 0.119 e. The summed E-state index contributed by atoms with van der Waals surface area (Å²) in [6, 6.07) is 8.06. The van der Waals surface area contributed by atoms with Gasteiger partial charge in [0.1, 0.15) is 5.75 Å². The minimum atomic E-state index is 0.0381. The highest BCUT2D eigenvalue weighted by atomic mass is 32.2. The van der Waals surface area contributed by atoms with Gasteiger partial charge in [0.05, 0.1) is 6.61 Å². The summed E-state index contributed by atoms with van der Waals surface area (Å²) in [7, 11) is 0. The molecule has 2 unspecified atom stereocenters. The van der Waals surface area contributed by atoms with Gasteiger partial charge in [-0.1, -0.05) is 26.0 Å². The van der Waals surface area contributed by atoms with Crippen molar-refractivity contribution in [3.63, 3.8) is 0 Å². The van der Waals surface area contributed by atoms with E-state index in [0.29, 0.717) is 5.92 Å². The van der Waals surface area contributed by atoms with E-state index in [2.05, 4.69) is 6.92 Å². The summed E-state index contributed by atoms with van der Waals surface area (Å²) in [4.78, 5) is 0. The number of hydrogen-bond donors (Lipinski definition) is 2. The second-order valence-corrected chi connectivity index (χ2v) is 5.92. The minimum absolute atomic E-state index is 0.0381. The fourth-order valence-electron chi connectivity index (χ4n) is 1.58. The summed E-state index contributed by atoms with van der Waals surface area (Å²) in [5.74, 6) is 3.06. The van der Waals surface area contributed by atoms with Crippen molar-refractivity contribution in [1.29, 1.82) is 0 Å². The zero-order valence-electron chi connectivity index (χ0n) is 11.8. The maximum absolute atomic E-state index is 8.96. The number of nitrogens with two attached hydrogens (primary N) is 1. The van der Waals surface area contributed by atoms with Gasteiger partial charge in [-0.2, -0.15) is 11.8 Å². The first kappa shape index (κ1) is 16.3. The SMILES string of the molecule is CCCOc1ccc(C(N)CSCC(C)CO)cc1. The first-order valence-corrected chi connectivity index (χ1v) is 7.99. The summed E-state index contributed by atoms with van der Waals surface area (Å²) in [6.07, 6.45) is 1.01. The minimum Gasteiger partial charge on any atom is -0.494 e. The molecule has 2 atom stereocenters. The first-order chi connectivity index (χ1) is 9.17. The molecule has 4 heteroatoms. The van der Waals surface area contributed by atoms with Crippen LogP contribution in [0.25, 0.3) is 0 Å². The molecule has 1 aromatic carbocycles. The van der Waals surface area contributed by atoms with E-state index in [4.69, 9.17) is 15.6 Å². The zero-order valence-corrected chi connectivity index (χ0v) is 12.7. The first-order valence-electron chi connectivity index (χ1n) is 6.84. The van der Waals surface area contributed by atoms with Crippen molar-refractivity contribution < 1.29 is 9.84 Å². The van der Waals surface area contributed by atoms with E-state index >= 15 is 0 Å². The molecule has 1 aromatic rings. The molecule has 108 valence electrons. The van der Waals surface area contributed by atoms with Crippen LogP contribution in [-0.2, 0) is 0 Å². The Morgan fingerprint density at radius 2 is 1.95 bits per heavy atom. The second kappa shape index (κ2) is 9.23.